The minimum Gasteiger partial charge on any atom is -0.298 e. The number of nitrogens with one attached hydrogen (secondary N) is 1. The highest BCUT2D eigenvalue weighted by atomic mass is 79.9. The van der Waals surface area contributed by atoms with E-state index in [0.717, 1.165) is 15.7 Å². The second-order valence-electron chi connectivity index (χ2n) is 4.63. The van der Waals surface area contributed by atoms with Gasteiger partial charge in [0.2, 0.25) is 0 Å². The Labute approximate surface area is 155 Å². The number of aromatic nitrogens is 1. The van der Waals surface area contributed by atoms with Gasteiger partial charge >= 0.3 is 0 Å². The lowest BCUT2D eigenvalue weighted by atomic mass is 10.2. The molecule has 1 heterocycles. The van der Waals surface area contributed by atoms with Crippen LogP contribution in [0.1, 0.15) is 10.4 Å². The fourth-order valence-corrected chi connectivity index (χ4v) is 3.56. The summed E-state index contributed by atoms with van der Waals surface area (Å²) in [5.74, 6) is -0.318. The van der Waals surface area contributed by atoms with E-state index in [-0.39, 0.29) is 5.91 Å². The molecule has 0 radical (unpaired) electrons. The Morgan fingerprint density at radius 1 is 1.17 bits per heavy atom. The van der Waals surface area contributed by atoms with Gasteiger partial charge in [-0.2, -0.15) is 0 Å². The molecule has 0 aliphatic carbocycles. The fourth-order valence-electron chi connectivity index (χ4n) is 1.95. The van der Waals surface area contributed by atoms with Crippen molar-refractivity contribution >= 4 is 61.5 Å². The summed E-state index contributed by atoms with van der Waals surface area (Å²) in [6, 6.07) is 12.6. The van der Waals surface area contributed by atoms with Gasteiger partial charge in [-0.15, -0.1) is 11.3 Å². The maximum Gasteiger partial charge on any atom is 0.258 e. The number of anilines is 1. The number of hydrogen-bond donors (Lipinski definition) is 1. The predicted molar refractivity (Wildman–Crippen MR) is 99.7 cm³/mol. The largest absolute Gasteiger partial charge is 0.298 e. The maximum absolute atomic E-state index is 12.3. The third-order valence-corrected chi connectivity index (χ3v) is 4.82. The molecule has 0 fully saturated rings. The van der Waals surface area contributed by atoms with E-state index in [9.17, 15) is 4.79 Å². The Hall–Kier alpha value is -1.40. The van der Waals surface area contributed by atoms with E-state index in [0.29, 0.717) is 20.7 Å². The molecule has 3 rings (SSSR count). The molecule has 2 aromatic carbocycles. The molecule has 1 N–H and O–H groups in total. The molecule has 0 atom stereocenters. The lowest BCUT2D eigenvalue weighted by molar-refractivity contribution is 0.102. The number of benzene rings is 2. The SMILES string of the molecule is O=C(Nc1nc(-c2cccc(Br)c2)cs1)c1ccc(Cl)cc1Cl. The Kier molecular flexibility index (Phi) is 5.02. The zero-order chi connectivity index (χ0) is 16.4. The summed E-state index contributed by atoms with van der Waals surface area (Å²) < 4.78 is 0.974. The Morgan fingerprint density at radius 3 is 2.74 bits per heavy atom. The highest BCUT2D eigenvalue weighted by Crippen LogP contribution is 2.28. The number of amides is 1. The van der Waals surface area contributed by atoms with Gasteiger partial charge in [-0.1, -0.05) is 51.3 Å². The van der Waals surface area contributed by atoms with Crippen molar-refractivity contribution in [2.45, 2.75) is 0 Å². The van der Waals surface area contributed by atoms with Crippen LogP contribution >= 0.6 is 50.5 Å². The molecule has 0 bridgehead atoms. The Balaban J connectivity index is 1.80. The van der Waals surface area contributed by atoms with Crippen molar-refractivity contribution in [2.75, 3.05) is 5.32 Å². The van der Waals surface area contributed by atoms with E-state index in [1.165, 1.54) is 17.4 Å². The molecule has 0 saturated carbocycles. The monoisotopic (exact) mass is 426 g/mol. The zero-order valence-corrected chi connectivity index (χ0v) is 15.4. The molecule has 116 valence electrons. The van der Waals surface area contributed by atoms with Crippen LogP contribution in [-0.2, 0) is 0 Å². The van der Waals surface area contributed by atoms with Gasteiger partial charge in [0.25, 0.3) is 5.91 Å². The summed E-state index contributed by atoms with van der Waals surface area (Å²) in [7, 11) is 0. The minimum absolute atomic E-state index is 0.304. The zero-order valence-electron chi connectivity index (χ0n) is 11.5. The second-order valence-corrected chi connectivity index (χ2v) is 7.24. The fraction of sp³-hybridized carbons (Fsp3) is 0. The summed E-state index contributed by atoms with van der Waals surface area (Å²) in [6.07, 6.45) is 0. The van der Waals surface area contributed by atoms with Crippen molar-refractivity contribution in [3.05, 3.63) is 67.9 Å². The third-order valence-electron chi connectivity index (χ3n) is 3.02. The number of nitrogens with zero attached hydrogens (tertiary/aromatic N) is 1. The van der Waals surface area contributed by atoms with Crippen LogP contribution in [0.4, 0.5) is 5.13 Å². The van der Waals surface area contributed by atoms with Crippen molar-refractivity contribution < 1.29 is 4.79 Å². The number of thiazole rings is 1. The molecule has 0 aliphatic heterocycles. The summed E-state index contributed by atoms with van der Waals surface area (Å²) in [5.41, 5.74) is 2.13. The highest BCUT2D eigenvalue weighted by Gasteiger charge is 2.13. The molecular weight excluding hydrogens is 419 g/mol. The van der Waals surface area contributed by atoms with E-state index >= 15 is 0 Å². The van der Waals surface area contributed by atoms with Crippen LogP contribution in [0.15, 0.2) is 52.3 Å². The summed E-state index contributed by atoms with van der Waals surface area (Å²) in [6.45, 7) is 0. The number of rotatable bonds is 3. The number of hydrogen-bond acceptors (Lipinski definition) is 3. The van der Waals surface area contributed by atoms with Crippen molar-refractivity contribution in [1.29, 1.82) is 0 Å². The molecule has 3 nitrogen and oxygen atoms in total. The van der Waals surface area contributed by atoms with Gasteiger partial charge in [0.1, 0.15) is 0 Å². The van der Waals surface area contributed by atoms with Crippen molar-refractivity contribution in [3.63, 3.8) is 0 Å². The van der Waals surface area contributed by atoms with Crippen molar-refractivity contribution in [2.24, 2.45) is 0 Å². The lowest BCUT2D eigenvalue weighted by Crippen LogP contribution is -2.12. The van der Waals surface area contributed by atoms with Gasteiger partial charge in [-0.05, 0) is 30.3 Å². The summed E-state index contributed by atoms with van der Waals surface area (Å²) in [4.78, 5) is 16.7. The van der Waals surface area contributed by atoms with Crippen LogP contribution in [0.2, 0.25) is 10.0 Å². The molecule has 0 aliphatic rings. The summed E-state index contributed by atoms with van der Waals surface area (Å²) in [5, 5.41) is 5.94. The lowest BCUT2D eigenvalue weighted by Gasteiger charge is -2.04. The first-order valence-electron chi connectivity index (χ1n) is 6.51. The summed E-state index contributed by atoms with van der Waals surface area (Å²) >= 11 is 16.7. The second kappa shape index (κ2) is 7.01. The predicted octanol–water partition coefficient (Wildman–Crippen LogP) is 6.13. The van der Waals surface area contributed by atoms with Crippen LogP contribution in [0.5, 0.6) is 0 Å². The van der Waals surface area contributed by atoms with Crippen LogP contribution in [-0.4, -0.2) is 10.9 Å². The van der Waals surface area contributed by atoms with Gasteiger partial charge in [0, 0.05) is 20.4 Å². The Bertz CT molecular complexity index is 882. The van der Waals surface area contributed by atoms with Crippen LogP contribution < -0.4 is 5.32 Å². The molecule has 23 heavy (non-hydrogen) atoms. The van der Waals surface area contributed by atoms with Crippen molar-refractivity contribution in [1.82, 2.24) is 4.98 Å². The molecule has 0 saturated heterocycles. The number of carbonyl (C=O) groups excluding carboxylic acids is 1. The first-order chi connectivity index (χ1) is 11.0. The molecule has 7 heteroatoms. The van der Waals surface area contributed by atoms with Crippen LogP contribution in [0.3, 0.4) is 0 Å². The number of halogens is 3. The quantitative estimate of drug-likeness (QED) is 0.546. The minimum atomic E-state index is -0.318. The first kappa shape index (κ1) is 16.5. The van der Waals surface area contributed by atoms with E-state index in [1.54, 1.807) is 12.1 Å². The van der Waals surface area contributed by atoms with Crippen LogP contribution in [0, 0.1) is 0 Å². The number of carbonyl (C=O) groups is 1. The van der Waals surface area contributed by atoms with Gasteiger partial charge in [0.15, 0.2) is 5.13 Å². The van der Waals surface area contributed by atoms with Gasteiger partial charge in [0.05, 0.1) is 16.3 Å². The first-order valence-corrected chi connectivity index (χ1v) is 8.93. The van der Waals surface area contributed by atoms with E-state index in [4.69, 9.17) is 23.2 Å². The Morgan fingerprint density at radius 2 is 2.00 bits per heavy atom. The normalized spacial score (nSPS) is 10.6. The van der Waals surface area contributed by atoms with E-state index in [1.807, 2.05) is 29.6 Å². The van der Waals surface area contributed by atoms with Gasteiger partial charge in [-0.25, -0.2) is 4.98 Å². The van der Waals surface area contributed by atoms with E-state index < -0.39 is 0 Å². The third kappa shape index (κ3) is 3.93. The smallest absolute Gasteiger partial charge is 0.258 e. The van der Waals surface area contributed by atoms with Crippen molar-refractivity contribution in [3.8, 4) is 11.3 Å². The molecule has 1 aromatic heterocycles. The van der Waals surface area contributed by atoms with Gasteiger partial charge < -0.3 is 0 Å². The molecule has 0 spiro atoms. The molecule has 0 unspecified atom stereocenters. The average Bonchev–Trinajstić information content (AvgIpc) is 2.95. The topological polar surface area (TPSA) is 42.0 Å². The van der Waals surface area contributed by atoms with Crippen LogP contribution in [0.25, 0.3) is 11.3 Å². The van der Waals surface area contributed by atoms with E-state index in [2.05, 4.69) is 26.2 Å². The molecular formula is C16H9BrCl2N2OS. The highest BCUT2D eigenvalue weighted by molar-refractivity contribution is 9.10. The molecule has 1 amide bonds. The molecule has 3 aromatic rings. The average molecular weight is 428 g/mol. The van der Waals surface area contributed by atoms with Gasteiger partial charge in [-0.3, -0.25) is 10.1 Å². The maximum atomic E-state index is 12.3. The standard InChI is InChI=1S/C16H9BrCl2N2OS/c17-10-3-1-2-9(6-10)14-8-23-16(20-14)21-15(22)12-5-4-11(18)7-13(12)19/h1-8H,(H,20,21,22).